The van der Waals surface area contributed by atoms with Crippen LogP contribution in [0, 0.1) is 6.92 Å². The highest BCUT2D eigenvalue weighted by molar-refractivity contribution is 6.29. The third kappa shape index (κ3) is 3.60. The van der Waals surface area contributed by atoms with E-state index < -0.39 is 11.7 Å². The summed E-state index contributed by atoms with van der Waals surface area (Å²) in [5.41, 5.74) is 3.35. The summed E-state index contributed by atoms with van der Waals surface area (Å²) >= 11 is 6.16. The molecular formula is C23H25ClN2O2. The van der Waals surface area contributed by atoms with Gasteiger partial charge >= 0.3 is 0 Å². The number of nitrogens with zero attached hydrogens (tertiary/aromatic N) is 1. The number of rotatable bonds is 4. The minimum atomic E-state index is -0.696. The Bertz CT molecular complexity index is 1000. The molecule has 3 aromatic rings. The predicted octanol–water partition coefficient (Wildman–Crippen LogP) is 4.60. The number of aliphatic hydroxyl groups excluding tert-OH is 1. The van der Waals surface area contributed by atoms with Gasteiger partial charge in [-0.2, -0.15) is 0 Å². The first kappa shape index (κ1) is 19.2. The van der Waals surface area contributed by atoms with Crippen molar-refractivity contribution in [3.63, 3.8) is 0 Å². The van der Waals surface area contributed by atoms with E-state index in [0.717, 1.165) is 40.7 Å². The Labute approximate surface area is 170 Å². The van der Waals surface area contributed by atoms with Gasteiger partial charge in [0.15, 0.2) is 0 Å². The quantitative estimate of drug-likeness (QED) is 0.633. The first-order valence-electron chi connectivity index (χ1n) is 9.60. The number of aryl methyl sites for hydroxylation is 1. The molecule has 1 aliphatic heterocycles. The summed E-state index contributed by atoms with van der Waals surface area (Å²) in [6.07, 6.45) is 0.200. The number of pyridine rings is 1. The maximum atomic E-state index is 11.0. The van der Waals surface area contributed by atoms with Crippen molar-refractivity contribution >= 4 is 22.5 Å². The Morgan fingerprint density at radius 2 is 1.93 bits per heavy atom. The average Bonchev–Trinajstić information content (AvgIpc) is 2.65. The molecule has 28 heavy (non-hydrogen) atoms. The van der Waals surface area contributed by atoms with Gasteiger partial charge in [-0.25, -0.2) is 4.98 Å². The van der Waals surface area contributed by atoms with Crippen LogP contribution in [0.3, 0.4) is 0 Å². The lowest BCUT2D eigenvalue weighted by molar-refractivity contribution is -0.0642. The molecule has 0 spiro atoms. The van der Waals surface area contributed by atoms with Gasteiger partial charge in [0.2, 0.25) is 0 Å². The molecule has 2 N–H and O–H groups in total. The number of nitrogens with one attached hydrogen (secondary N) is 1. The van der Waals surface area contributed by atoms with Crippen LogP contribution in [0.2, 0.25) is 5.15 Å². The molecule has 4 rings (SSSR count). The Hall–Kier alpha value is -2.14. The first-order valence-corrected chi connectivity index (χ1v) is 9.98. The zero-order valence-electron chi connectivity index (χ0n) is 16.4. The van der Waals surface area contributed by atoms with Crippen molar-refractivity contribution in [2.75, 3.05) is 6.54 Å². The molecule has 0 fully saturated rings. The number of aromatic nitrogens is 1. The summed E-state index contributed by atoms with van der Waals surface area (Å²) in [5, 5.41) is 16.0. The van der Waals surface area contributed by atoms with E-state index in [1.807, 2.05) is 57.2 Å². The SMILES string of the molecule is Cc1cc(Cl)nc2cc3c(cc12)OC(C)(C)[C@@H](O)[C@H]3NCCc1ccccc1. The highest BCUT2D eigenvalue weighted by Gasteiger charge is 2.42. The van der Waals surface area contributed by atoms with Gasteiger partial charge in [0.1, 0.15) is 22.6 Å². The van der Waals surface area contributed by atoms with Crippen LogP contribution in [0.5, 0.6) is 5.75 Å². The summed E-state index contributed by atoms with van der Waals surface area (Å²) < 4.78 is 6.17. The van der Waals surface area contributed by atoms with Crippen molar-refractivity contribution < 1.29 is 9.84 Å². The number of fused-ring (bicyclic) bond motifs is 2. The monoisotopic (exact) mass is 396 g/mol. The Morgan fingerprint density at radius 1 is 1.18 bits per heavy atom. The van der Waals surface area contributed by atoms with E-state index >= 15 is 0 Å². The Balaban J connectivity index is 1.68. The number of hydrogen-bond donors (Lipinski definition) is 2. The molecule has 0 unspecified atom stereocenters. The number of halogens is 1. The molecule has 5 heteroatoms. The van der Waals surface area contributed by atoms with Gasteiger partial charge < -0.3 is 15.2 Å². The number of hydrogen-bond acceptors (Lipinski definition) is 4. The lowest BCUT2D eigenvalue weighted by atomic mass is 9.85. The van der Waals surface area contributed by atoms with Crippen molar-refractivity contribution in [2.24, 2.45) is 0 Å². The van der Waals surface area contributed by atoms with Gasteiger partial charge in [-0.3, -0.25) is 0 Å². The molecule has 0 saturated heterocycles. The van der Waals surface area contributed by atoms with Gasteiger partial charge in [-0.1, -0.05) is 41.9 Å². The van der Waals surface area contributed by atoms with Crippen LogP contribution < -0.4 is 10.1 Å². The fourth-order valence-corrected chi connectivity index (χ4v) is 4.14. The molecule has 0 aliphatic carbocycles. The molecule has 2 atom stereocenters. The van der Waals surface area contributed by atoms with Crippen LogP contribution in [0.25, 0.3) is 10.9 Å². The average molecular weight is 397 g/mol. The fourth-order valence-electron chi connectivity index (χ4n) is 3.88. The maximum absolute atomic E-state index is 11.0. The van der Waals surface area contributed by atoms with E-state index in [0.29, 0.717) is 5.15 Å². The summed E-state index contributed by atoms with van der Waals surface area (Å²) in [6, 6.07) is 15.9. The second-order valence-electron chi connectivity index (χ2n) is 7.99. The molecule has 1 aromatic heterocycles. The minimum Gasteiger partial charge on any atom is -0.485 e. The lowest BCUT2D eigenvalue weighted by Crippen LogP contribution is -2.52. The standard InChI is InChI=1S/C23H25ClN2O2/c1-14-11-20(24)26-18-12-17-19(13-16(14)18)28-23(2,3)22(27)21(17)25-10-9-15-7-5-4-6-8-15/h4-8,11-13,21-22,25,27H,9-10H2,1-3H3/t21-,22-/m0/s1. The summed E-state index contributed by atoms with van der Waals surface area (Å²) in [7, 11) is 0. The van der Waals surface area contributed by atoms with Crippen molar-refractivity contribution in [3.8, 4) is 5.75 Å². The zero-order chi connectivity index (χ0) is 19.9. The molecule has 2 aromatic carbocycles. The molecule has 0 radical (unpaired) electrons. The first-order chi connectivity index (χ1) is 13.3. The summed E-state index contributed by atoms with van der Waals surface area (Å²) in [4.78, 5) is 4.47. The van der Waals surface area contributed by atoms with E-state index in [-0.39, 0.29) is 6.04 Å². The van der Waals surface area contributed by atoms with Crippen LogP contribution in [0.1, 0.15) is 36.6 Å². The molecule has 1 aliphatic rings. The van der Waals surface area contributed by atoms with Crippen LogP contribution in [-0.4, -0.2) is 28.3 Å². The molecule has 4 nitrogen and oxygen atoms in total. The highest BCUT2D eigenvalue weighted by Crippen LogP contribution is 2.42. The van der Waals surface area contributed by atoms with Gasteiger partial charge in [0, 0.05) is 10.9 Å². The Morgan fingerprint density at radius 3 is 2.68 bits per heavy atom. The van der Waals surface area contributed by atoms with Crippen LogP contribution in [0.4, 0.5) is 0 Å². The second kappa shape index (κ2) is 7.36. The number of ether oxygens (including phenoxy) is 1. The van der Waals surface area contributed by atoms with Gasteiger partial charge in [-0.15, -0.1) is 0 Å². The molecular weight excluding hydrogens is 372 g/mol. The second-order valence-corrected chi connectivity index (χ2v) is 8.37. The normalized spacial score (nSPS) is 20.6. The molecule has 0 saturated carbocycles. The van der Waals surface area contributed by atoms with E-state index in [2.05, 4.69) is 22.4 Å². The third-order valence-corrected chi connectivity index (χ3v) is 5.67. The largest absolute Gasteiger partial charge is 0.485 e. The van der Waals surface area contributed by atoms with E-state index in [9.17, 15) is 5.11 Å². The predicted molar refractivity (Wildman–Crippen MR) is 113 cm³/mol. The van der Waals surface area contributed by atoms with Crippen LogP contribution >= 0.6 is 11.6 Å². The number of benzene rings is 2. The van der Waals surface area contributed by atoms with Gasteiger partial charge in [0.05, 0.1) is 11.6 Å². The van der Waals surface area contributed by atoms with E-state index in [1.54, 1.807) is 0 Å². The van der Waals surface area contributed by atoms with Gasteiger partial charge in [-0.05, 0) is 63.1 Å². The lowest BCUT2D eigenvalue weighted by Gasteiger charge is -2.42. The smallest absolute Gasteiger partial charge is 0.131 e. The molecule has 0 amide bonds. The Kier molecular flexibility index (Phi) is 5.04. The van der Waals surface area contributed by atoms with Crippen molar-refractivity contribution in [1.29, 1.82) is 0 Å². The van der Waals surface area contributed by atoms with Crippen LogP contribution in [0.15, 0.2) is 48.5 Å². The van der Waals surface area contributed by atoms with Crippen molar-refractivity contribution in [1.82, 2.24) is 10.3 Å². The van der Waals surface area contributed by atoms with E-state index in [4.69, 9.17) is 16.3 Å². The minimum absolute atomic E-state index is 0.243. The molecule has 2 heterocycles. The summed E-state index contributed by atoms with van der Waals surface area (Å²) in [5.74, 6) is 0.784. The van der Waals surface area contributed by atoms with Crippen LogP contribution in [-0.2, 0) is 6.42 Å². The zero-order valence-corrected chi connectivity index (χ0v) is 17.1. The van der Waals surface area contributed by atoms with Gasteiger partial charge in [0.25, 0.3) is 0 Å². The maximum Gasteiger partial charge on any atom is 0.131 e. The number of aliphatic hydroxyl groups is 1. The van der Waals surface area contributed by atoms with Crippen molar-refractivity contribution in [3.05, 3.63) is 70.4 Å². The van der Waals surface area contributed by atoms with E-state index in [1.165, 1.54) is 5.56 Å². The highest BCUT2D eigenvalue weighted by atomic mass is 35.5. The molecule has 0 bridgehead atoms. The topological polar surface area (TPSA) is 54.4 Å². The fraction of sp³-hybridized carbons (Fsp3) is 0.348. The third-order valence-electron chi connectivity index (χ3n) is 5.47. The summed E-state index contributed by atoms with van der Waals surface area (Å²) in [6.45, 7) is 6.61. The molecule has 146 valence electrons. The van der Waals surface area contributed by atoms with Crippen molar-refractivity contribution in [2.45, 2.75) is 44.9 Å².